The van der Waals surface area contributed by atoms with Crippen LogP contribution in [-0.4, -0.2) is 64.2 Å². The molecule has 1 saturated carbocycles. The Hall–Kier alpha value is -2.28. The van der Waals surface area contributed by atoms with Crippen molar-refractivity contribution in [3.05, 3.63) is 29.8 Å². The van der Waals surface area contributed by atoms with Crippen LogP contribution in [0.2, 0.25) is 0 Å². The van der Waals surface area contributed by atoms with E-state index in [2.05, 4.69) is 5.32 Å². The van der Waals surface area contributed by atoms with E-state index in [1.54, 1.807) is 25.2 Å². The third kappa shape index (κ3) is 4.61. The van der Waals surface area contributed by atoms with Crippen molar-refractivity contribution in [1.29, 1.82) is 0 Å². The molecule has 0 bridgehead atoms. The molecule has 0 radical (unpaired) electrons. The molecule has 0 spiro atoms. The molecular formula is C17H25N3O4. The number of benzene rings is 1. The number of rotatable bonds is 7. The molecule has 1 fully saturated rings. The molecule has 3 N–H and O–H groups in total. The van der Waals surface area contributed by atoms with Gasteiger partial charge in [-0.2, -0.15) is 0 Å². The third-order valence-electron chi connectivity index (χ3n) is 4.45. The van der Waals surface area contributed by atoms with Crippen LogP contribution < -0.4 is 5.32 Å². The van der Waals surface area contributed by atoms with E-state index in [-0.39, 0.29) is 30.4 Å². The quantitative estimate of drug-likeness (QED) is 0.702. The Morgan fingerprint density at radius 3 is 2.54 bits per heavy atom. The van der Waals surface area contributed by atoms with E-state index in [4.69, 9.17) is 5.11 Å². The average Bonchev–Trinajstić information content (AvgIpc) is 2.50. The first-order valence-electron chi connectivity index (χ1n) is 8.15. The van der Waals surface area contributed by atoms with Crippen molar-refractivity contribution in [3.8, 4) is 5.75 Å². The highest BCUT2D eigenvalue weighted by molar-refractivity contribution is 5.74. The first kappa shape index (κ1) is 18.1. The normalized spacial score (nSPS) is 19.6. The van der Waals surface area contributed by atoms with Crippen LogP contribution in [0.3, 0.4) is 0 Å². The van der Waals surface area contributed by atoms with Crippen LogP contribution in [0.1, 0.15) is 25.3 Å². The molecular weight excluding hydrogens is 310 g/mol. The Morgan fingerprint density at radius 2 is 1.96 bits per heavy atom. The number of likely N-dealkylation sites (N-methyl/N-ethyl adjacent to an activating group) is 1. The lowest BCUT2D eigenvalue weighted by molar-refractivity contribution is -0.139. The van der Waals surface area contributed by atoms with Crippen molar-refractivity contribution in [2.75, 3.05) is 20.1 Å². The predicted octanol–water partition coefficient (Wildman–Crippen LogP) is 1.47. The summed E-state index contributed by atoms with van der Waals surface area (Å²) in [6.07, 6.45) is 1.52. The summed E-state index contributed by atoms with van der Waals surface area (Å²) in [5, 5.41) is 21.6. The lowest BCUT2D eigenvalue weighted by atomic mass is 9.85. The van der Waals surface area contributed by atoms with Gasteiger partial charge in [-0.05, 0) is 25.5 Å². The number of aromatic hydroxyl groups is 1. The topological polar surface area (TPSA) is 93.1 Å². The number of hydrogen-bond acceptors (Lipinski definition) is 4. The van der Waals surface area contributed by atoms with Crippen LogP contribution in [0, 0.1) is 0 Å². The van der Waals surface area contributed by atoms with Gasteiger partial charge in [0.25, 0.3) is 0 Å². The predicted molar refractivity (Wildman–Crippen MR) is 89.8 cm³/mol. The number of para-hydroxylation sites is 1. The lowest BCUT2D eigenvalue weighted by Crippen LogP contribution is -2.56. The minimum absolute atomic E-state index is 0.0367. The number of phenolic OH excluding ortho intramolecular Hbond substituents is 1. The molecule has 0 unspecified atom stereocenters. The SMILES string of the molecule is CCN(CC(=O)O)C1CC(NC(=O)N(C)Cc2ccccc2O)C1. The van der Waals surface area contributed by atoms with E-state index >= 15 is 0 Å². The van der Waals surface area contributed by atoms with Gasteiger partial charge in [-0.1, -0.05) is 25.1 Å². The van der Waals surface area contributed by atoms with Gasteiger partial charge in [0.05, 0.1) is 13.1 Å². The number of nitrogens with one attached hydrogen (secondary N) is 1. The van der Waals surface area contributed by atoms with Gasteiger partial charge in [0.15, 0.2) is 0 Å². The number of urea groups is 1. The molecule has 0 aliphatic heterocycles. The number of aliphatic carboxylic acids is 1. The molecule has 7 nitrogen and oxygen atoms in total. The van der Waals surface area contributed by atoms with Crippen molar-refractivity contribution in [2.45, 2.75) is 38.4 Å². The average molecular weight is 335 g/mol. The zero-order valence-corrected chi connectivity index (χ0v) is 14.1. The van der Waals surface area contributed by atoms with Gasteiger partial charge in [0.1, 0.15) is 5.75 Å². The Labute approximate surface area is 141 Å². The van der Waals surface area contributed by atoms with Crippen molar-refractivity contribution >= 4 is 12.0 Å². The molecule has 0 saturated heterocycles. The van der Waals surface area contributed by atoms with Crippen LogP contribution in [0.4, 0.5) is 4.79 Å². The minimum Gasteiger partial charge on any atom is -0.508 e. The standard InChI is InChI=1S/C17H25N3O4/c1-3-20(11-16(22)23)14-8-13(9-14)18-17(24)19(2)10-12-6-4-5-7-15(12)21/h4-7,13-14,21H,3,8-11H2,1-2H3,(H,18,24)(H,22,23). The number of carbonyl (C=O) groups excluding carboxylic acids is 1. The number of nitrogens with zero attached hydrogens (tertiary/aromatic N) is 2. The monoisotopic (exact) mass is 335 g/mol. The van der Waals surface area contributed by atoms with Gasteiger partial charge in [-0.25, -0.2) is 4.79 Å². The molecule has 1 aromatic rings. The number of amides is 2. The summed E-state index contributed by atoms with van der Waals surface area (Å²) in [5.74, 6) is -0.653. The Kier molecular flexibility index (Phi) is 6.03. The molecule has 0 heterocycles. The van der Waals surface area contributed by atoms with Gasteiger partial charge < -0.3 is 20.4 Å². The number of carboxylic acids is 1. The summed E-state index contributed by atoms with van der Waals surface area (Å²) < 4.78 is 0. The van der Waals surface area contributed by atoms with E-state index in [9.17, 15) is 14.7 Å². The smallest absolute Gasteiger partial charge is 0.317 e. The van der Waals surface area contributed by atoms with Crippen LogP contribution in [0.15, 0.2) is 24.3 Å². The van der Waals surface area contributed by atoms with Crippen molar-refractivity contribution in [1.82, 2.24) is 15.1 Å². The Balaban J connectivity index is 1.78. The van der Waals surface area contributed by atoms with E-state index < -0.39 is 5.97 Å². The summed E-state index contributed by atoms with van der Waals surface area (Å²) in [6.45, 7) is 2.99. The van der Waals surface area contributed by atoms with Gasteiger partial charge in [0, 0.05) is 24.7 Å². The fourth-order valence-electron chi connectivity index (χ4n) is 2.93. The molecule has 1 aliphatic rings. The molecule has 132 valence electrons. The molecule has 24 heavy (non-hydrogen) atoms. The highest BCUT2D eigenvalue weighted by Gasteiger charge is 2.35. The molecule has 7 heteroatoms. The summed E-state index contributed by atoms with van der Waals surface area (Å²) in [5.41, 5.74) is 0.695. The molecule has 0 atom stereocenters. The zero-order chi connectivity index (χ0) is 17.7. The molecule has 2 amide bonds. The summed E-state index contributed by atoms with van der Waals surface area (Å²) in [6, 6.07) is 7.02. The third-order valence-corrected chi connectivity index (χ3v) is 4.45. The largest absolute Gasteiger partial charge is 0.508 e. The maximum absolute atomic E-state index is 12.2. The first-order valence-corrected chi connectivity index (χ1v) is 8.15. The van der Waals surface area contributed by atoms with E-state index in [0.29, 0.717) is 18.7 Å². The van der Waals surface area contributed by atoms with Gasteiger partial charge in [-0.3, -0.25) is 9.69 Å². The van der Waals surface area contributed by atoms with Crippen molar-refractivity contribution in [2.24, 2.45) is 0 Å². The lowest BCUT2D eigenvalue weighted by Gasteiger charge is -2.42. The van der Waals surface area contributed by atoms with Crippen molar-refractivity contribution in [3.63, 3.8) is 0 Å². The number of phenols is 1. The number of carbonyl (C=O) groups is 2. The fourth-order valence-corrected chi connectivity index (χ4v) is 2.93. The van der Waals surface area contributed by atoms with Crippen LogP contribution in [0.25, 0.3) is 0 Å². The molecule has 1 aromatic carbocycles. The first-order chi connectivity index (χ1) is 11.4. The summed E-state index contributed by atoms with van der Waals surface area (Å²) in [4.78, 5) is 26.5. The summed E-state index contributed by atoms with van der Waals surface area (Å²) in [7, 11) is 1.68. The highest BCUT2D eigenvalue weighted by atomic mass is 16.4. The second-order valence-electron chi connectivity index (χ2n) is 6.21. The second-order valence-corrected chi connectivity index (χ2v) is 6.21. The van der Waals surface area contributed by atoms with Crippen LogP contribution in [0.5, 0.6) is 5.75 Å². The number of hydrogen-bond donors (Lipinski definition) is 3. The Bertz CT molecular complexity index is 587. The van der Waals surface area contributed by atoms with E-state index in [1.807, 2.05) is 17.9 Å². The maximum Gasteiger partial charge on any atom is 0.317 e. The van der Waals surface area contributed by atoms with Gasteiger partial charge in [0.2, 0.25) is 0 Å². The molecule has 0 aromatic heterocycles. The highest BCUT2D eigenvalue weighted by Crippen LogP contribution is 2.26. The second kappa shape index (κ2) is 8.01. The van der Waals surface area contributed by atoms with Crippen LogP contribution in [-0.2, 0) is 11.3 Å². The van der Waals surface area contributed by atoms with Crippen LogP contribution >= 0.6 is 0 Å². The maximum atomic E-state index is 12.2. The molecule has 1 aliphatic carbocycles. The molecule has 2 rings (SSSR count). The van der Waals surface area contributed by atoms with Gasteiger partial charge in [-0.15, -0.1) is 0 Å². The fraction of sp³-hybridized carbons (Fsp3) is 0.529. The van der Waals surface area contributed by atoms with Gasteiger partial charge >= 0.3 is 12.0 Å². The summed E-state index contributed by atoms with van der Waals surface area (Å²) >= 11 is 0. The van der Waals surface area contributed by atoms with Crippen molar-refractivity contribution < 1.29 is 19.8 Å². The zero-order valence-electron chi connectivity index (χ0n) is 14.1. The number of carboxylic acid groups (broad SMARTS) is 1. The van der Waals surface area contributed by atoms with E-state index in [0.717, 1.165) is 12.8 Å². The Morgan fingerprint density at radius 1 is 1.29 bits per heavy atom. The minimum atomic E-state index is -0.827. The van der Waals surface area contributed by atoms with E-state index in [1.165, 1.54) is 4.90 Å².